The van der Waals surface area contributed by atoms with Gasteiger partial charge in [0.25, 0.3) is 0 Å². The van der Waals surface area contributed by atoms with E-state index >= 15 is 0 Å². The van der Waals surface area contributed by atoms with Gasteiger partial charge in [0.15, 0.2) is 6.10 Å². The second-order valence-electron chi connectivity index (χ2n) is 16.3. The Bertz CT molecular complexity index is 1260. The van der Waals surface area contributed by atoms with Crippen molar-refractivity contribution in [2.45, 2.75) is 219 Å². The van der Waals surface area contributed by atoms with Gasteiger partial charge in [0.1, 0.15) is 13.2 Å². The first-order chi connectivity index (χ1) is 31.0. The molecule has 0 rings (SSSR count). The summed E-state index contributed by atoms with van der Waals surface area (Å²) < 4.78 is 16.8. The van der Waals surface area contributed by atoms with Gasteiger partial charge in [0.05, 0.1) is 0 Å². The van der Waals surface area contributed by atoms with Gasteiger partial charge in [-0.3, -0.25) is 14.4 Å². The molecule has 0 aromatic rings. The SMILES string of the molecule is CCC=CCC=CCC=CCCCCCCCC(=O)OCC(COC(=O)CCCCCCCC=CCC=CCC=CCC)OC(=O)CCCCCCCC=CCC=CCC=CCC. The minimum absolute atomic E-state index is 0.102. The maximum atomic E-state index is 12.8. The Morgan fingerprint density at radius 2 is 0.571 bits per heavy atom. The third-order valence-electron chi connectivity index (χ3n) is 10.3. The molecule has 0 unspecified atom stereocenters. The predicted molar refractivity (Wildman–Crippen MR) is 270 cm³/mol. The molecule has 0 aromatic heterocycles. The molecule has 0 spiro atoms. The van der Waals surface area contributed by atoms with Crippen LogP contribution in [0.5, 0.6) is 0 Å². The zero-order valence-electron chi connectivity index (χ0n) is 40.5. The summed E-state index contributed by atoms with van der Waals surface area (Å²) in [5, 5.41) is 0. The first-order valence-electron chi connectivity index (χ1n) is 25.4. The van der Waals surface area contributed by atoms with Gasteiger partial charge in [0.2, 0.25) is 0 Å². The van der Waals surface area contributed by atoms with E-state index in [0.29, 0.717) is 19.3 Å². The molecule has 0 aliphatic carbocycles. The highest BCUT2D eigenvalue weighted by atomic mass is 16.6. The molecule has 0 saturated carbocycles. The summed E-state index contributed by atoms with van der Waals surface area (Å²) in [5.74, 6) is -0.958. The number of hydrogen-bond donors (Lipinski definition) is 0. The van der Waals surface area contributed by atoms with Crippen LogP contribution in [0.1, 0.15) is 213 Å². The summed E-state index contributed by atoms with van der Waals surface area (Å²) in [6, 6.07) is 0. The van der Waals surface area contributed by atoms with Crippen molar-refractivity contribution in [1.82, 2.24) is 0 Å². The maximum Gasteiger partial charge on any atom is 0.306 e. The van der Waals surface area contributed by atoms with Crippen LogP contribution in [0.25, 0.3) is 0 Å². The Labute approximate surface area is 387 Å². The molecule has 0 saturated heterocycles. The molecule has 0 radical (unpaired) electrons. The summed E-state index contributed by atoms with van der Waals surface area (Å²) in [7, 11) is 0. The third-order valence-corrected chi connectivity index (χ3v) is 10.3. The number of rotatable bonds is 44. The van der Waals surface area contributed by atoms with Crippen molar-refractivity contribution in [3.63, 3.8) is 0 Å². The smallest absolute Gasteiger partial charge is 0.306 e. The van der Waals surface area contributed by atoms with Crippen LogP contribution in [0, 0.1) is 0 Å². The number of hydrogen-bond acceptors (Lipinski definition) is 6. The number of ether oxygens (including phenoxy) is 3. The lowest BCUT2D eigenvalue weighted by molar-refractivity contribution is -0.167. The standard InChI is InChI=1S/C57H92O6/c1-4-7-10-13-16-19-22-25-28-31-34-37-40-43-46-49-55(58)61-52-54(63-57(60)51-48-45-42-39-36-33-30-27-24-21-18-15-12-9-6-3)53-62-56(59)50-47-44-41-38-35-32-29-26-23-20-17-14-11-8-5-2/h7-12,16-21,25-30,54H,4-6,13-15,22-24,31-53H2,1-3H3. The number of unbranched alkanes of at least 4 members (excludes halogenated alkanes) is 15. The van der Waals surface area contributed by atoms with E-state index < -0.39 is 6.10 Å². The lowest BCUT2D eigenvalue weighted by Crippen LogP contribution is -2.30. The van der Waals surface area contributed by atoms with Gasteiger partial charge in [-0.25, -0.2) is 0 Å². The molecule has 0 aliphatic heterocycles. The number of carbonyl (C=O) groups excluding carboxylic acids is 3. The van der Waals surface area contributed by atoms with Crippen LogP contribution >= 0.6 is 0 Å². The molecular formula is C57H92O6. The van der Waals surface area contributed by atoms with Crippen molar-refractivity contribution >= 4 is 17.9 Å². The van der Waals surface area contributed by atoms with Crippen LogP contribution in [0.3, 0.4) is 0 Å². The fraction of sp³-hybridized carbons (Fsp3) is 0.632. The highest BCUT2D eigenvalue weighted by Gasteiger charge is 2.19. The molecule has 0 amide bonds. The Balaban J connectivity index is 4.49. The number of carbonyl (C=O) groups is 3. The van der Waals surface area contributed by atoms with E-state index in [1.807, 2.05) is 0 Å². The highest BCUT2D eigenvalue weighted by molar-refractivity contribution is 5.71. The topological polar surface area (TPSA) is 78.9 Å². The highest BCUT2D eigenvalue weighted by Crippen LogP contribution is 2.13. The van der Waals surface area contributed by atoms with Crippen LogP contribution in [0.15, 0.2) is 109 Å². The monoisotopic (exact) mass is 873 g/mol. The van der Waals surface area contributed by atoms with Crippen LogP contribution in [0.2, 0.25) is 0 Å². The predicted octanol–water partition coefficient (Wildman–Crippen LogP) is 16.8. The molecule has 0 N–H and O–H groups in total. The lowest BCUT2D eigenvalue weighted by atomic mass is 10.1. The van der Waals surface area contributed by atoms with Crippen molar-refractivity contribution in [2.75, 3.05) is 13.2 Å². The van der Waals surface area contributed by atoms with Crippen LogP contribution < -0.4 is 0 Å². The fourth-order valence-corrected chi connectivity index (χ4v) is 6.54. The maximum absolute atomic E-state index is 12.8. The first kappa shape index (κ1) is 59.1. The normalized spacial score (nSPS) is 13.0. The molecule has 0 fully saturated rings. The van der Waals surface area contributed by atoms with Crippen molar-refractivity contribution in [2.24, 2.45) is 0 Å². The first-order valence-corrected chi connectivity index (χ1v) is 25.4. The molecule has 0 aliphatic rings. The van der Waals surface area contributed by atoms with Gasteiger partial charge in [-0.1, -0.05) is 188 Å². The van der Waals surface area contributed by atoms with E-state index in [2.05, 4.69) is 130 Å². The van der Waals surface area contributed by atoms with Crippen molar-refractivity contribution in [3.8, 4) is 0 Å². The average molecular weight is 873 g/mol. The van der Waals surface area contributed by atoms with E-state index in [0.717, 1.165) is 173 Å². The third kappa shape index (κ3) is 49.0. The molecule has 6 heteroatoms. The van der Waals surface area contributed by atoms with Gasteiger partial charge in [0, 0.05) is 19.3 Å². The molecular weight excluding hydrogens is 781 g/mol. The van der Waals surface area contributed by atoms with Crippen molar-refractivity contribution in [3.05, 3.63) is 109 Å². The quantitative estimate of drug-likeness (QED) is 0.0263. The number of esters is 3. The minimum atomic E-state index is -0.803. The Hall–Kier alpha value is -3.93. The Morgan fingerprint density at radius 3 is 0.889 bits per heavy atom. The zero-order chi connectivity index (χ0) is 45.8. The summed E-state index contributed by atoms with van der Waals surface area (Å²) in [6.45, 7) is 6.24. The molecule has 0 aromatic carbocycles. The summed E-state index contributed by atoms with van der Waals surface area (Å²) in [5.41, 5.74) is 0. The van der Waals surface area contributed by atoms with Crippen LogP contribution in [-0.4, -0.2) is 37.2 Å². The fourth-order valence-electron chi connectivity index (χ4n) is 6.54. The van der Waals surface area contributed by atoms with Gasteiger partial charge < -0.3 is 14.2 Å². The molecule has 0 heterocycles. The number of allylic oxidation sites excluding steroid dienone is 18. The zero-order valence-corrected chi connectivity index (χ0v) is 40.5. The van der Waals surface area contributed by atoms with E-state index in [1.165, 1.54) is 0 Å². The average Bonchev–Trinajstić information content (AvgIpc) is 3.28. The second-order valence-corrected chi connectivity index (χ2v) is 16.3. The largest absolute Gasteiger partial charge is 0.462 e. The van der Waals surface area contributed by atoms with E-state index in [-0.39, 0.29) is 31.1 Å². The van der Waals surface area contributed by atoms with E-state index in [1.54, 1.807) is 0 Å². The lowest BCUT2D eigenvalue weighted by Gasteiger charge is -2.18. The molecule has 356 valence electrons. The van der Waals surface area contributed by atoms with Gasteiger partial charge in [-0.15, -0.1) is 0 Å². The van der Waals surface area contributed by atoms with E-state index in [9.17, 15) is 14.4 Å². The van der Waals surface area contributed by atoms with Gasteiger partial charge >= 0.3 is 17.9 Å². The van der Waals surface area contributed by atoms with Gasteiger partial charge in [-0.2, -0.15) is 0 Å². The molecule has 6 nitrogen and oxygen atoms in total. The second kappa shape index (κ2) is 50.7. The van der Waals surface area contributed by atoms with Crippen LogP contribution in [-0.2, 0) is 28.6 Å². The minimum Gasteiger partial charge on any atom is -0.462 e. The molecule has 0 bridgehead atoms. The van der Waals surface area contributed by atoms with E-state index in [4.69, 9.17) is 14.2 Å². The summed E-state index contributed by atoms with van der Waals surface area (Å²) in [4.78, 5) is 38.0. The Morgan fingerprint density at radius 1 is 0.317 bits per heavy atom. The van der Waals surface area contributed by atoms with Crippen molar-refractivity contribution < 1.29 is 28.6 Å². The molecule has 63 heavy (non-hydrogen) atoms. The summed E-state index contributed by atoms with van der Waals surface area (Å²) >= 11 is 0. The molecule has 0 atom stereocenters. The van der Waals surface area contributed by atoms with Crippen molar-refractivity contribution in [1.29, 1.82) is 0 Å². The Kier molecular flexibility index (Phi) is 47.5. The van der Waals surface area contributed by atoms with Crippen LogP contribution in [0.4, 0.5) is 0 Å². The van der Waals surface area contributed by atoms with Gasteiger partial charge in [-0.05, 0) is 116 Å². The summed E-state index contributed by atoms with van der Waals surface area (Å²) in [6.07, 6.45) is 67.8.